The number of hydrogen-bond donors (Lipinski definition) is 2. The Morgan fingerprint density at radius 2 is 1.72 bits per heavy atom. The molecule has 4 heteroatoms. The van der Waals surface area contributed by atoms with Crippen LogP contribution < -0.4 is 5.43 Å². The average molecular weight is 327 g/mol. The van der Waals surface area contributed by atoms with Crippen LogP contribution in [0, 0.1) is 0 Å². The number of nitrogens with one attached hydrogen (secondary N) is 2. The van der Waals surface area contributed by atoms with Gasteiger partial charge in [-0.1, -0.05) is 60.7 Å². The number of carbonyl (C=O) groups excluding carboxylic acids is 1. The molecule has 25 heavy (non-hydrogen) atoms. The Morgan fingerprint density at radius 1 is 0.960 bits per heavy atom. The molecular formula is C21H17N3O. The van der Waals surface area contributed by atoms with E-state index in [9.17, 15) is 4.79 Å². The maximum absolute atomic E-state index is 12.2. The molecule has 4 aromatic rings. The van der Waals surface area contributed by atoms with Gasteiger partial charge in [-0.2, -0.15) is 5.10 Å². The Balaban J connectivity index is 1.47. The molecule has 4 nitrogen and oxygen atoms in total. The molecule has 122 valence electrons. The van der Waals surface area contributed by atoms with Gasteiger partial charge in [-0.25, -0.2) is 5.43 Å². The van der Waals surface area contributed by atoms with Crippen molar-refractivity contribution in [3.63, 3.8) is 0 Å². The zero-order valence-corrected chi connectivity index (χ0v) is 13.6. The van der Waals surface area contributed by atoms with Crippen molar-refractivity contribution in [3.8, 4) is 0 Å². The fourth-order valence-corrected chi connectivity index (χ4v) is 3.03. The van der Waals surface area contributed by atoms with Crippen LogP contribution in [0.15, 0.2) is 78.0 Å². The highest BCUT2D eigenvalue weighted by Crippen LogP contribution is 2.19. The van der Waals surface area contributed by atoms with Gasteiger partial charge in [0.15, 0.2) is 0 Å². The van der Waals surface area contributed by atoms with Crippen LogP contribution in [0.3, 0.4) is 0 Å². The van der Waals surface area contributed by atoms with Gasteiger partial charge >= 0.3 is 0 Å². The second kappa shape index (κ2) is 6.61. The van der Waals surface area contributed by atoms with Crippen molar-refractivity contribution < 1.29 is 4.79 Å². The third-order valence-electron chi connectivity index (χ3n) is 4.25. The van der Waals surface area contributed by atoms with E-state index < -0.39 is 0 Å². The largest absolute Gasteiger partial charge is 0.361 e. The van der Waals surface area contributed by atoms with Gasteiger partial charge in [0.1, 0.15) is 0 Å². The lowest BCUT2D eigenvalue weighted by Crippen LogP contribution is -2.19. The summed E-state index contributed by atoms with van der Waals surface area (Å²) in [4.78, 5) is 15.4. The third-order valence-corrected chi connectivity index (χ3v) is 4.25. The minimum Gasteiger partial charge on any atom is -0.361 e. The molecule has 0 spiro atoms. The molecule has 0 unspecified atom stereocenters. The molecule has 0 saturated carbocycles. The minimum atomic E-state index is -0.132. The smallest absolute Gasteiger partial charge is 0.244 e. The summed E-state index contributed by atoms with van der Waals surface area (Å²) in [5.41, 5.74) is 5.61. The van der Waals surface area contributed by atoms with Crippen LogP contribution in [0.2, 0.25) is 0 Å². The number of carbonyl (C=O) groups is 1. The molecule has 1 aromatic heterocycles. The van der Waals surface area contributed by atoms with E-state index >= 15 is 0 Å². The van der Waals surface area contributed by atoms with Gasteiger partial charge in [-0.05, 0) is 22.4 Å². The molecule has 0 aliphatic rings. The van der Waals surface area contributed by atoms with Gasteiger partial charge in [0.25, 0.3) is 0 Å². The predicted octanol–water partition coefficient (Wildman–Crippen LogP) is 4.01. The number of hydrogen-bond acceptors (Lipinski definition) is 2. The minimum absolute atomic E-state index is 0.132. The number of rotatable bonds is 4. The number of aromatic amines is 1. The van der Waals surface area contributed by atoms with E-state index in [0.717, 1.165) is 32.8 Å². The first-order valence-electron chi connectivity index (χ1n) is 8.16. The van der Waals surface area contributed by atoms with Crippen LogP contribution in [-0.2, 0) is 11.2 Å². The Hall–Kier alpha value is -3.40. The van der Waals surface area contributed by atoms with Crippen molar-refractivity contribution >= 4 is 33.8 Å². The summed E-state index contributed by atoms with van der Waals surface area (Å²) >= 11 is 0. The number of H-pyrrole nitrogens is 1. The number of benzene rings is 3. The van der Waals surface area contributed by atoms with Crippen LogP contribution in [0.25, 0.3) is 21.7 Å². The Morgan fingerprint density at radius 3 is 2.64 bits per heavy atom. The standard InChI is InChI=1S/C21H17N3O/c25-21(12-16-8-5-7-15-6-1-2-9-18(15)16)24-23-14-17-13-22-20-11-4-3-10-19(17)20/h1-11,13-14,22H,12H2,(H,24,25)/b23-14+. The maximum Gasteiger partial charge on any atom is 0.244 e. The van der Waals surface area contributed by atoms with Crippen LogP contribution >= 0.6 is 0 Å². The van der Waals surface area contributed by atoms with E-state index in [2.05, 4.69) is 15.5 Å². The lowest BCUT2D eigenvalue weighted by molar-refractivity contribution is -0.120. The lowest BCUT2D eigenvalue weighted by Gasteiger charge is -2.05. The Bertz CT molecular complexity index is 1070. The van der Waals surface area contributed by atoms with Gasteiger partial charge in [0, 0.05) is 22.7 Å². The van der Waals surface area contributed by atoms with Gasteiger partial charge < -0.3 is 4.98 Å². The molecule has 4 rings (SSSR count). The number of aromatic nitrogens is 1. The van der Waals surface area contributed by atoms with E-state index in [4.69, 9.17) is 0 Å². The van der Waals surface area contributed by atoms with Gasteiger partial charge in [0.05, 0.1) is 12.6 Å². The zero-order chi connectivity index (χ0) is 17.1. The molecule has 1 heterocycles. The zero-order valence-electron chi connectivity index (χ0n) is 13.6. The molecule has 3 aromatic carbocycles. The molecular weight excluding hydrogens is 310 g/mol. The van der Waals surface area contributed by atoms with Gasteiger partial charge in [-0.15, -0.1) is 0 Å². The summed E-state index contributed by atoms with van der Waals surface area (Å²) in [6.07, 6.45) is 3.84. The topological polar surface area (TPSA) is 57.2 Å². The van der Waals surface area contributed by atoms with E-state index in [1.54, 1.807) is 6.21 Å². The molecule has 0 aliphatic carbocycles. The Kier molecular flexibility index (Phi) is 4.01. The quantitative estimate of drug-likeness (QED) is 0.432. The lowest BCUT2D eigenvalue weighted by atomic mass is 10.0. The fourth-order valence-electron chi connectivity index (χ4n) is 3.03. The number of amides is 1. The molecule has 0 aliphatic heterocycles. The fraction of sp³-hybridized carbons (Fsp3) is 0.0476. The molecule has 0 saturated heterocycles. The average Bonchev–Trinajstić information content (AvgIpc) is 3.05. The molecule has 1 amide bonds. The molecule has 0 fully saturated rings. The summed E-state index contributed by atoms with van der Waals surface area (Å²) in [6.45, 7) is 0. The van der Waals surface area contributed by atoms with Crippen LogP contribution in [0.5, 0.6) is 0 Å². The van der Waals surface area contributed by atoms with Crippen molar-refractivity contribution in [1.82, 2.24) is 10.4 Å². The molecule has 0 bridgehead atoms. The molecule has 2 N–H and O–H groups in total. The van der Waals surface area contributed by atoms with E-state index in [-0.39, 0.29) is 5.91 Å². The summed E-state index contributed by atoms with van der Waals surface area (Å²) in [7, 11) is 0. The summed E-state index contributed by atoms with van der Waals surface area (Å²) in [5, 5.41) is 7.41. The highest BCUT2D eigenvalue weighted by Gasteiger charge is 2.06. The van der Waals surface area contributed by atoms with Crippen molar-refractivity contribution in [2.75, 3.05) is 0 Å². The SMILES string of the molecule is O=C(Cc1cccc2ccccc12)N/N=C/c1c[nH]c2ccccc12. The first kappa shape index (κ1) is 15.1. The first-order chi connectivity index (χ1) is 12.3. The van der Waals surface area contributed by atoms with Crippen molar-refractivity contribution in [2.45, 2.75) is 6.42 Å². The van der Waals surface area contributed by atoms with Crippen LogP contribution in [0.4, 0.5) is 0 Å². The van der Waals surface area contributed by atoms with E-state index in [1.165, 1.54) is 0 Å². The maximum atomic E-state index is 12.2. The van der Waals surface area contributed by atoms with Gasteiger partial charge in [0.2, 0.25) is 5.91 Å². The van der Waals surface area contributed by atoms with E-state index in [0.29, 0.717) is 6.42 Å². The highest BCUT2D eigenvalue weighted by atomic mass is 16.2. The second-order valence-electron chi connectivity index (χ2n) is 5.90. The highest BCUT2D eigenvalue weighted by molar-refractivity contribution is 5.99. The Labute approximate surface area is 145 Å². The normalized spacial score (nSPS) is 11.4. The first-order valence-corrected chi connectivity index (χ1v) is 8.16. The van der Waals surface area contributed by atoms with Gasteiger partial charge in [-0.3, -0.25) is 4.79 Å². The predicted molar refractivity (Wildman–Crippen MR) is 102 cm³/mol. The number of nitrogens with zero attached hydrogens (tertiary/aromatic N) is 1. The van der Waals surface area contributed by atoms with E-state index in [1.807, 2.05) is 72.9 Å². The van der Waals surface area contributed by atoms with Crippen molar-refractivity contribution in [1.29, 1.82) is 0 Å². The third kappa shape index (κ3) is 3.15. The second-order valence-corrected chi connectivity index (χ2v) is 5.90. The summed E-state index contributed by atoms with van der Waals surface area (Å²) in [5.74, 6) is -0.132. The monoisotopic (exact) mass is 327 g/mol. The number of fused-ring (bicyclic) bond motifs is 2. The number of hydrazone groups is 1. The van der Waals surface area contributed by atoms with Crippen LogP contribution in [0.1, 0.15) is 11.1 Å². The van der Waals surface area contributed by atoms with Crippen molar-refractivity contribution in [3.05, 3.63) is 84.1 Å². The molecule has 0 atom stereocenters. The van der Waals surface area contributed by atoms with Crippen molar-refractivity contribution in [2.24, 2.45) is 5.10 Å². The van der Waals surface area contributed by atoms with Crippen LogP contribution in [-0.4, -0.2) is 17.1 Å². The molecule has 0 radical (unpaired) electrons. The summed E-state index contributed by atoms with van der Waals surface area (Å²) < 4.78 is 0. The number of para-hydroxylation sites is 1. The summed E-state index contributed by atoms with van der Waals surface area (Å²) in [6, 6.07) is 22.0.